The third kappa shape index (κ3) is 11.1. The van der Waals surface area contributed by atoms with Crippen LogP contribution in [0, 0.1) is 0 Å². The first kappa shape index (κ1) is 25.2. The number of aliphatic imine (C=N–C) groups is 1. The monoisotopic (exact) mass is 552 g/mol. The minimum absolute atomic E-state index is 0. The van der Waals surface area contributed by atoms with E-state index in [1.54, 1.807) is 7.05 Å². The van der Waals surface area contributed by atoms with Gasteiger partial charge in [0.15, 0.2) is 5.96 Å². The molecule has 0 radical (unpaired) electrons. The Kier molecular flexibility index (Phi) is 12.2. The molecule has 1 unspecified atom stereocenters. The molecule has 1 aromatic carbocycles. The van der Waals surface area contributed by atoms with Crippen molar-refractivity contribution in [3.8, 4) is 5.75 Å². The number of alkyl halides is 3. The van der Waals surface area contributed by atoms with Crippen molar-refractivity contribution in [3.05, 3.63) is 28.7 Å². The predicted molar refractivity (Wildman–Crippen MR) is 113 cm³/mol. The molecular weight excluding hydrogens is 528 g/mol. The molecule has 5 nitrogen and oxygen atoms in total. The van der Waals surface area contributed by atoms with Crippen molar-refractivity contribution < 1.29 is 17.9 Å². The summed E-state index contributed by atoms with van der Waals surface area (Å²) in [6.07, 6.45) is -4.31. The maximum absolute atomic E-state index is 12.3. The van der Waals surface area contributed by atoms with E-state index in [9.17, 15) is 13.2 Å². The Hall–Kier alpha value is -0.750. The average Bonchev–Trinajstić information content (AvgIpc) is 2.51. The van der Waals surface area contributed by atoms with Crippen LogP contribution < -0.4 is 15.4 Å². The molecule has 150 valence electrons. The SMILES string of the molecule is CN=C(NCCN(C)CC(F)(F)F)NCC(C)Oc1ccccc1Br.I. The molecule has 0 aliphatic rings. The first-order valence-corrected chi connectivity index (χ1v) is 8.61. The van der Waals surface area contributed by atoms with Gasteiger partial charge in [0.1, 0.15) is 11.9 Å². The number of nitrogens with zero attached hydrogens (tertiary/aromatic N) is 2. The van der Waals surface area contributed by atoms with Gasteiger partial charge < -0.3 is 15.4 Å². The summed E-state index contributed by atoms with van der Waals surface area (Å²) in [5, 5.41) is 6.07. The number of halogens is 5. The van der Waals surface area contributed by atoms with E-state index in [0.717, 1.165) is 10.2 Å². The number of hydrogen-bond acceptors (Lipinski definition) is 3. The highest BCUT2D eigenvalue weighted by Gasteiger charge is 2.28. The van der Waals surface area contributed by atoms with E-state index in [4.69, 9.17) is 4.74 Å². The molecular formula is C16H25BrF3IN4O. The third-order valence-electron chi connectivity index (χ3n) is 3.18. The van der Waals surface area contributed by atoms with Gasteiger partial charge >= 0.3 is 6.18 Å². The lowest BCUT2D eigenvalue weighted by Gasteiger charge is -2.21. The molecule has 0 saturated heterocycles. The fourth-order valence-corrected chi connectivity index (χ4v) is 2.39. The highest BCUT2D eigenvalue weighted by molar-refractivity contribution is 14.0. The van der Waals surface area contributed by atoms with Gasteiger partial charge in [0, 0.05) is 20.1 Å². The van der Waals surface area contributed by atoms with Crippen molar-refractivity contribution in [2.45, 2.75) is 19.2 Å². The second-order valence-corrected chi connectivity index (χ2v) is 6.45. The average molecular weight is 553 g/mol. The lowest BCUT2D eigenvalue weighted by Crippen LogP contribution is -2.44. The molecule has 1 atom stereocenters. The largest absolute Gasteiger partial charge is 0.488 e. The number of benzene rings is 1. The molecule has 0 heterocycles. The Morgan fingerprint density at radius 1 is 1.31 bits per heavy atom. The quantitative estimate of drug-likeness (QED) is 0.294. The van der Waals surface area contributed by atoms with Gasteiger partial charge in [-0.2, -0.15) is 13.2 Å². The van der Waals surface area contributed by atoms with Crippen molar-refractivity contribution >= 4 is 45.9 Å². The summed E-state index contributed by atoms with van der Waals surface area (Å²) in [7, 11) is 3.03. The van der Waals surface area contributed by atoms with Crippen molar-refractivity contribution in [1.82, 2.24) is 15.5 Å². The molecule has 0 fully saturated rings. The molecule has 0 aliphatic carbocycles. The summed E-state index contributed by atoms with van der Waals surface area (Å²) < 4.78 is 43.5. The van der Waals surface area contributed by atoms with Crippen LogP contribution in [0.25, 0.3) is 0 Å². The van der Waals surface area contributed by atoms with Crippen LogP contribution in [-0.4, -0.2) is 63.4 Å². The molecule has 1 aromatic rings. The first-order chi connectivity index (χ1) is 11.7. The Labute approximate surface area is 177 Å². The highest BCUT2D eigenvalue weighted by Crippen LogP contribution is 2.24. The second kappa shape index (κ2) is 12.6. The number of guanidine groups is 1. The summed E-state index contributed by atoms with van der Waals surface area (Å²) in [6, 6.07) is 7.55. The van der Waals surface area contributed by atoms with E-state index in [-0.39, 0.29) is 36.6 Å². The standard InChI is InChI=1S/C16H24BrF3N4O.HI/c1-12(25-14-7-5-4-6-13(14)17)10-23-15(21-2)22-8-9-24(3)11-16(18,19)20;/h4-7,12H,8-11H2,1-3H3,(H2,21,22,23);1H. The Morgan fingerprint density at radius 2 is 1.96 bits per heavy atom. The fraction of sp³-hybridized carbons (Fsp3) is 0.562. The highest BCUT2D eigenvalue weighted by atomic mass is 127. The summed E-state index contributed by atoms with van der Waals surface area (Å²) in [4.78, 5) is 5.25. The summed E-state index contributed by atoms with van der Waals surface area (Å²) in [5.41, 5.74) is 0. The van der Waals surface area contributed by atoms with Gasteiger partial charge in [0.25, 0.3) is 0 Å². The Bertz CT molecular complexity index is 561. The summed E-state index contributed by atoms with van der Waals surface area (Å²) in [5.74, 6) is 1.26. The number of likely N-dealkylation sites (N-methyl/N-ethyl adjacent to an activating group) is 1. The topological polar surface area (TPSA) is 48.9 Å². The summed E-state index contributed by atoms with van der Waals surface area (Å²) in [6.45, 7) is 2.09. The van der Waals surface area contributed by atoms with Crippen LogP contribution in [0.1, 0.15) is 6.92 Å². The van der Waals surface area contributed by atoms with Crippen LogP contribution in [0.3, 0.4) is 0 Å². The molecule has 0 saturated carbocycles. The number of nitrogens with one attached hydrogen (secondary N) is 2. The van der Waals surface area contributed by atoms with Gasteiger partial charge in [0.2, 0.25) is 0 Å². The molecule has 26 heavy (non-hydrogen) atoms. The first-order valence-electron chi connectivity index (χ1n) is 7.82. The van der Waals surface area contributed by atoms with Gasteiger partial charge in [-0.1, -0.05) is 12.1 Å². The molecule has 0 bridgehead atoms. The molecule has 0 spiro atoms. The lowest BCUT2D eigenvalue weighted by atomic mass is 10.3. The normalized spacial score (nSPS) is 13.2. The zero-order chi connectivity index (χ0) is 18.9. The van der Waals surface area contributed by atoms with Crippen molar-refractivity contribution in [2.24, 2.45) is 4.99 Å². The van der Waals surface area contributed by atoms with E-state index >= 15 is 0 Å². The number of ether oxygens (including phenoxy) is 1. The lowest BCUT2D eigenvalue weighted by molar-refractivity contribution is -0.142. The minimum atomic E-state index is -4.19. The van der Waals surface area contributed by atoms with Crippen molar-refractivity contribution in [3.63, 3.8) is 0 Å². The summed E-state index contributed by atoms with van der Waals surface area (Å²) >= 11 is 3.42. The van der Waals surface area contributed by atoms with Crippen LogP contribution in [-0.2, 0) is 0 Å². The smallest absolute Gasteiger partial charge is 0.401 e. The van der Waals surface area contributed by atoms with Crippen LogP contribution in [0.5, 0.6) is 5.75 Å². The predicted octanol–water partition coefficient (Wildman–Crippen LogP) is 3.49. The van der Waals surface area contributed by atoms with Crippen LogP contribution >= 0.6 is 39.9 Å². The maximum atomic E-state index is 12.3. The van der Waals surface area contributed by atoms with E-state index in [1.807, 2.05) is 31.2 Å². The third-order valence-corrected chi connectivity index (χ3v) is 3.84. The van der Waals surface area contributed by atoms with Gasteiger partial charge in [-0.3, -0.25) is 9.89 Å². The van der Waals surface area contributed by atoms with E-state index in [0.29, 0.717) is 19.0 Å². The Morgan fingerprint density at radius 3 is 2.54 bits per heavy atom. The number of para-hydroxylation sites is 1. The molecule has 0 aromatic heterocycles. The van der Waals surface area contributed by atoms with Gasteiger partial charge in [-0.25, -0.2) is 0 Å². The van der Waals surface area contributed by atoms with E-state index < -0.39 is 12.7 Å². The number of hydrogen-bond donors (Lipinski definition) is 2. The van der Waals surface area contributed by atoms with E-state index in [2.05, 4.69) is 31.6 Å². The molecule has 0 aliphatic heterocycles. The number of rotatable bonds is 8. The van der Waals surface area contributed by atoms with Gasteiger partial charge in [-0.15, -0.1) is 24.0 Å². The second-order valence-electron chi connectivity index (χ2n) is 5.59. The van der Waals surface area contributed by atoms with Crippen LogP contribution in [0.15, 0.2) is 33.7 Å². The van der Waals surface area contributed by atoms with Crippen LogP contribution in [0.2, 0.25) is 0 Å². The van der Waals surface area contributed by atoms with Gasteiger partial charge in [0.05, 0.1) is 17.6 Å². The molecule has 0 amide bonds. The minimum Gasteiger partial charge on any atom is -0.488 e. The van der Waals surface area contributed by atoms with Gasteiger partial charge in [-0.05, 0) is 42.0 Å². The van der Waals surface area contributed by atoms with Crippen molar-refractivity contribution in [2.75, 3.05) is 40.3 Å². The molecule has 2 N–H and O–H groups in total. The van der Waals surface area contributed by atoms with Crippen molar-refractivity contribution in [1.29, 1.82) is 0 Å². The zero-order valence-corrected chi connectivity index (χ0v) is 18.9. The van der Waals surface area contributed by atoms with Crippen LogP contribution in [0.4, 0.5) is 13.2 Å². The molecule has 10 heteroatoms. The van der Waals surface area contributed by atoms with E-state index in [1.165, 1.54) is 11.9 Å². The zero-order valence-electron chi connectivity index (χ0n) is 14.9. The Balaban J connectivity index is 0.00000625. The molecule has 1 rings (SSSR count). The maximum Gasteiger partial charge on any atom is 0.401 e. The fourth-order valence-electron chi connectivity index (χ4n) is 2.01.